The van der Waals surface area contributed by atoms with Crippen LogP contribution in [0.15, 0.2) is 30.4 Å². The van der Waals surface area contributed by atoms with E-state index in [1.54, 1.807) is 6.07 Å². The van der Waals surface area contributed by atoms with E-state index >= 15 is 0 Å². The average Bonchev–Trinajstić information content (AvgIpc) is 2.27. The third-order valence-electron chi connectivity index (χ3n) is 2.52. The third kappa shape index (κ3) is 4.19. The number of para-hydroxylation sites is 1. The van der Waals surface area contributed by atoms with Crippen molar-refractivity contribution in [1.29, 1.82) is 0 Å². The zero-order valence-electron chi connectivity index (χ0n) is 10.5. The average molecular weight is 237 g/mol. The molecule has 3 heteroatoms. The largest absolute Gasteiger partial charge is 0.486 e. The Morgan fingerprint density at radius 3 is 2.82 bits per heavy atom. The lowest BCUT2D eigenvalue weighted by molar-refractivity contribution is 0.327. The van der Waals surface area contributed by atoms with Crippen molar-refractivity contribution in [3.63, 3.8) is 0 Å². The number of halogens is 1. The molecule has 1 aromatic rings. The van der Waals surface area contributed by atoms with E-state index < -0.39 is 0 Å². The summed E-state index contributed by atoms with van der Waals surface area (Å²) in [5.41, 5.74) is 7.56. The van der Waals surface area contributed by atoms with Gasteiger partial charge in [-0.15, -0.1) is 0 Å². The molecule has 0 bridgehead atoms. The molecule has 0 radical (unpaired) electrons. The van der Waals surface area contributed by atoms with Crippen molar-refractivity contribution >= 4 is 0 Å². The van der Waals surface area contributed by atoms with Gasteiger partial charge in [-0.3, -0.25) is 0 Å². The zero-order valence-corrected chi connectivity index (χ0v) is 10.5. The summed E-state index contributed by atoms with van der Waals surface area (Å²) >= 11 is 0. The molecule has 1 aromatic carbocycles. The van der Waals surface area contributed by atoms with Crippen LogP contribution in [0.4, 0.5) is 4.39 Å². The first-order chi connectivity index (χ1) is 8.04. The predicted molar refractivity (Wildman–Crippen MR) is 68.7 cm³/mol. The highest BCUT2D eigenvalue weighted by atomic mass is 19.1. The van der Waals surface area contributed by atoms with E-state index in [2.05, 4.69) is 6.58 Å². The number of hydrogen-bond acceptors (Lipinski definition) is 2. The van der Waals surface area contributed by atoms with Gasteiger partial charge in [-0.25, -0.2) is 4.39 Å². The number of rotatable bonds is 6. The van der Waals surface area contributed by atoms with E-state index in [1.165, 1.54) is 6.07 Å². The Kier molecular flexibility index (Phi) is 5.16. The Labute approximate surface area is 102 Å². The number of ether oxygens (including phenoxy) is 1. The van der Waals surface area contributed by atoms with Crippen molar-refractivity contribution in [1.82, 2.24) is 0 Å². The van der Waals surface area contributed by atoms with Gasteiger partial charge in [0.15, 0.2) is 11.6 Å². The minimum atomic E-state index is -0.341. The first-order valence-electron chi connectivity index (χ1n) is 5.84. The van der Waals surface area contributed by atoms with Crippen LogP contribution >= 0.6 is 0 Å². The molecule has 0 saturated carbocycles. The summed E-state index contributed by atoms with van der Waals surface area (Å²) in [6.07, 6.45) is 1.48. The summed E-state index contributed by atoms with van der Waals surface area (Å²) in [6, 6.07) is 4.96. The standard InChI is InChI=1S/C14H20FNO/c1-4-12(16)8-11-6-5-7-13(15)14(11)17-9-10(2)3/h5-7,12H,2,4,8-9,16H2,1,3H3. The Morgan fingerprint density at radius 2 is 2.24 bits per heavy atom. The van der Waals surface area contributed by atoms with Gasteiger partial charge in [0.05, 0.1) is 0 Å². The molecule has 17 heavy (non-hydrogen) atoms. The molecule has 2 N–H and O–H groups in total. The number of benzene rings is 1. The maximum Gasteiger partial charge on any atom is 0.165 e. The van der Waals surface area contributed by atoms with Gasteiger partial charge >= 0.3 is 0 Å². The molecule has 0 saturated heterocycles. The van der Waals surface area contributed by atoms with Gasteiger partial charge in [-0.2, -0.15) is 0 Å². The fourth-order valence-electron chi connectivity index (χ4n) is 1.50. The monoisotopic (exact) mass is 237 g/mol. The van der Waals surface area contributed by atoms with Gasteiger partial charge in [0.2, 0.25) is 0 Å². The van der Waals surface area contributed by atoms with Crippen molar-refractivity contribution in [3.05, 3.63) is 41.7 Å². The molecule has 0 aliphatic heterocycles. The summed E-state index contributed by atoms with van der Waals surface area (Å²) in [4.78, 5) is 0. The van der Waals surface area contributed by atoms with Crippen molar-refractivity contribution in [2.45, 2.75) is 32.7 Å². The van der Waals surface area contributed by atoms with Gasteiger partial charge in [0.1, 0.15) is 6.61 Å². The molecule has 0 aromatic heterocycles. The molecule has 2 nitrogen and oxygen atoms in total. The summed E-state index contributed by atoms with van der Waals surface area (Å²) in [6.45, 7) is 7.92. The zero-order chi connectivity index (χ0) is 12.8. The normalized spacial score (nSPS) is 12.2. The van der Waals surface area contributed by atoms with E-state index in [0.717, 1.165) is 17.6 Å². The Balaban J connectivity index is 2.87. The molecule has 0 amide bonds. The fraction of sp³-hybridized carbons (Fsp3) is 0.429. The predicted octanol–water partition coefficient (Wildman–Crippen LogP) is 3.06. The highest BCUT2D eigenvalue weighted by Crippen LogP contribution is 2.24. The lowest BCUT2D eigenvalue weighted by Crippen LogP contribution is -2.22. The molecule has 0 aliphatic carbocycles. The Hall–Kier alpha value is -1.35. The highest BCUT2D eigenvalue weighted by Gasteiger charge is 2.12. The molecule has 0 heterocycles. The van der Waals surface area contributed by atoms with E-state index in [4.69, 9.17) is 10.5 Å². The van der Waals surface area contributed by atoms with Crippen LogP contribution in [0.1, 0.15) is 25.8 Å². The number of nitrogens with two attached hydrogens (primary N) is 1. The maximum atomic E-state index is 13.7. The lowest BCUT2D eigenvalue weighted by Gasteiger charge is -2.15. The van der Waals surface area contributed by atoms with Crippen LogP contribution in [0.3, 0.4) is 0 Å². The molecule has 0 fully saturated rings. The van der Waals surface area contributed by atoms with E-state index in [1.807, 2.05) is 19.9 Å². The van der Waals surface area contributed by atoms with Crippen molar-refractivity contribution < 1.29 is 9.13 Å². The van der Waals surface area contributed by atoms with E-state index in [9.17, 15) is 4.39 Å². The minimum Gasteiger partial charge on any atom is -0.486 e. The highest BCUT2D eigenvalue weighted by molar-refractivity contribution is 5.35. The van der Waals surface area contributed by atoms with Crippen LogP contribution in [-0.4, -0.2) is 12.6 Å². The molecule has 0 aliphatic rings. The second-order valence-electron chi connectivity index (χ2n) is 4.35. The van der Waals surface area contributed by atoms with Crippen molar-refractivity contribution in [2.24, 2.45) is 5.73 Å². The molecule has 1 unspecified atom stereocenters. The van der Waals surface area contributed by atoms with Crippen molar-refractivity contribution in [3.8, 4) is 5.75 Å². The molecular weight excluding hydrogens is 217 g/mol. The lowest BCUT2D eigenvalue weighted by atomic mass is 10.0. The molecular formula is C14H20FNO. The van der Waals surface area contributed by atoms with Gasteiger partial charge in [0, 0.05) is 6.04 Å². The van der Waals surface area contributed by atoms with Gasteiger partial charge < -0.3 is 10.5 Å². The van der Waals surface area contributed by atoms with Crippen LogP contribution in [0.2, 0.25) is 0 Å². The first kappa shape index (κ1) is 13.7. The number of hydrogen-bond donors (Lipinski definition) is 1. The van der Waals surface area contributed by atoms with Gasteiger partial charge in [0.25, 0.3) is 0 Å². The molecule has 0 spiro atoms. The smallest absolute Gasteiger partial charge is 0.165 e. The van der Waals surface area contributed by atoms with Gasteiger partial charge in [-0.05, 0) is 37.0 Å². The maximum absolute atomic E-state index is 13.7. The Bertz CT molecular complexity index is 390. The third-order valence-corrected chi connectivity index (χ3v) is 2.52. The summed E-state index contributed by atoms with van der Waals surface area (Å²) in [5.74, 6) is -0.0357. The quantitative estimate of drug-likeness (QED) is 0.772. The SMILES string of the molecule is C=C(C)COc1c(F)cccc1CC(N)CC. The van der Waals surface area contributed by atoms with E-state index in [0.29, 0.717) is 18.8 Å². The topological polar surface area (TPSA) is 35.2 Å². The van der Waals surface area contributed by atoms with Crippen LogP contribution in [0.25, 0.3) is 0 Å². The summed E-state index contributed by atoms with van der Waals surface area (Å²) in [5, 5.41) is 0. The minimum absolute atomic E-state index is 0.0315. The van der Waals surface area contributed by atoms with Crippen molar-refractivity contribution in [2.75, 3.05) is 6.61 Å². The summed E-state index contributed by atoms with van der Waals surface area (Å²) in [7, 11) is 0. The summed E-state index contributed by atoms with van der Waals surface area (Å²) < 4.78 is 19.1. The fourth-order valence-corrected chi connectivity index (χ4v) is 1.50. The second kappa shape index (κ2) is 6.40. The van der Waals surface area contributed by atoms with Crippen LogP contribution in [0, 0.1) is 5.82 Å². The van der Waals surface area contributed by atoms with Gasteiger partial charge in [-0.1, -0.05) is 25.6 Å². The van der Waals surface area contributed by atoms with E-state index in [-0.39, 0.29) is 11.9 Å². The second-order valence-corrected chi connectivity index (χ2v) is 4.35. The molecule has 1 atom stereocenters. The molecule has 94 valence electrons. The van der Waals surface area contributed by atoms with Crippen LogP contribution < -0.4 is 10.5 Å². The Morgan fingerprint density at radius 1 is 1.53 bits per heavy atom. The first-order valence-corrected chi connectivity index (χ1v) is 5.84. The van der Waals surface area contributed by atoms with Crippen LogP contribution in [0.5, 0.6) is 5.75 Å². The molecule has 1 rings (SSSR count). The van der Waals surface area contributed by atoms with Crippen LogP contribution in [-0.2, 0) is 6.42 Å².